The number of aromatic amines is 1. The largest absolute Gasteiger partial charge is 0.493 e. The van der Waals surface area contributed by atoms with Crippen molar-refractivity contribution in [3.05, 3.63) is 36.0 Å². The molecule has 148 valence electrons. The minimum atomic E-state index is -1.06. The summed E-state index contributed by atoms with van der Waals surface area (Å²) in [7, 11) is 0. The third-order valence-electron chi connectivity index (χ3n) is 3.77. The molecule has 1 heterocycles. The minimum Gasteiger partial charge on any atom is -0.493 e. The van der Waals surface area contributed by atoms with E-state index in [0.717, 1.165) is 18.4 Å². The molecule has 0 atom stereocenters. The fourth-order valence-corrected chi connectivity index (χ4v) is 2.47. The Bertz CT molecular complexity index is 727. The van der Waals surface area contributed by atoms with E-state index in [0.29, 0.717) is 37.2 Å². The normalized spacial score (nSPS) is 11.1. The molecule has 0 spiro atoms. The molecule has 0 amide bonds. The van der Waals surface area contributed by atoms with Crippen LogP contribution in [0.4, 0.5) is 0 Å². The lowest BCUT2D eigenvalue weighted by Crippen LogP contribution is -2.39. The molecule has 1 aromatic carbocycles. The highest BCUT2D eigenvalue weighted by molar-refractivity contribution is 5.79. The van der Waals surface area contributed by atoms with Crippen molar-refractivity contribution < 1.29 is 23.7 Å². The molecule has 7 heteroatoms. The maximum absolute atomic E-state index is 12.0. The zero-order valence-corrected chi connectivity index (χ0v) is 16.4. The van der Waals surface area contributed by atoms with Gasteiger partial charge in [-0.05, 0) is 52.7 Å². The molecule has 0 aliphatic carbocycles. The average Bonchev–Trinajstić information content (AvgIpc) is 3.06. The van der Waals surface area contributed by atoms with Gasteiger partial charge in [-0.2, -0.15) is 5.10 Å². The van der Waals surface area contributed by atoms with Gasteiger partial charge in [0, 0.05) is 11.6 Å². The predicted molar refractivity (Wildman–Crippen MR) is 101 cm³/mol. The van der Waals surface area contributed by atoms with Crippen LogP contribution in [0.15, 0.2) is 30.5 Å². The number of rotatable bonds is 11. The number of ether oxygens (including phenoxy) is 4. The molecule has 0 aliphatic heterocycles. The van der Waals surface area contributed by atoms with Crippen LogP contribution in [0.5, 0.6) is 17.4 Å². The molecule has 0 radical (unpaired) electrons. The zero-order valence-electron chi connectivity index (χ0n) is 16.4. The highest BCUT2D eigenvalue weighted by Crippen LogP contribution is 2.24. The van der Waals surface area contributed by atoms with Crippen LogP contribution in [0.25, 0.3) is 0 Å². The van der Waals surface area contributed by atoms with Gasteiger partial charge in [-0.15, -0.1) is 0 Å². The third kappa shape index (κ3) is 6.20. The van der Waals surface area contributed by atoms with Crippen molar-refractivity contribution in [1.82, 2.24) is 10.2 Å². The number of hydrogen-bond donors (Lipinski definition) is 1. The van der Waals surface area contributed by atoms with E-state index in [1.165, 1.54) is 0 Å². The van der Waals surface area contributed by atoms with E-state index in [4.69, 9.17) is 18.9 Å². The lowest BCUT2D eigenvalue weighted by molar-refractivity contribution is -0.158. The Morgan fingerprint density at radius 1 is 1.15 bits per heavy atom. The van der Waals surface area contributed by atoms with Crippen LogP contribution in [0, 0.1) is 0 Å². The first kappa shape index (κ1) is 20.6. The van der Waals surface area contributed by atoms with Gasteiger partial charge in [-0.1, -0.05) is 6.07 Å². The zero-order chi connectivity index (χ0) is 19.7. The molecule has 1 N–H and O–H groups in total. The average molecular weight is 376 g/mol. The number of esters is 1. The topological polar surface area (TPSA) is 82.7 Å². The number of nitrogens with one attached hydrogen (secondary N) is 1. The lowest BCUT2D eigenvalue weighted by atomic mass is 10.1. The third-order valence-corrected chi connectivity index (χ3v) is 3.77. The summed E-state index contributed by atoms with van der Waals surface area (Å²) in [6.45, 7) is 8.52. The minimum absolute atomic E-state index is 0.316. The van der Waals surface area contributed by atoms with E-state index in [2.05, 4.69) is 10.2 Å². The fraction of sp³-hybridized carbons (Fsp3) is 0.500. The molecule has 0 unspecified atom stereocenters. The standard InChI is InChI=1S/C20H28N2O5/c1-5-24-18-15(14-21-22-18)9-8-12-26-16-10-7-11-17(13-16)27-20(3,4)19(23)25-6-2/h7,10-11,13-14H,5-6,8-9,12H2,1-4H3,(H,21,22). The molecule has 7 nitrogen and oxygen atoms in total. The van der Waals surface area contributed by atoms with Crippen LogP contribution < -0.4 is 14.2 Å². The Hall–Kier alpha value is -2.70. The first-order valence-electron chi connectivity index (χ1n) is 9.20. The quantitative estimate of drug-likeness (QED) is 0.477. The van der Waals surface area contributed by atoms with Crippen LogP contribution in [0.1, 0.15) is 39.7 Å². The maximum atomic E-state index is 12.0. The summed E-state index contributed by atoms with van der Waals surface area (Å²) in [6, 6.07) is 7.24. The number of nitrogens with zero attached hydrogens (tertiary/aromatic N) is 1. The van der Waals surface area contributed by atoms with Gasteiger partial charge < -0.3 is 18.9 Å². The second-order valence-electron chi connectivity index (χ2n) is 6.42. The molecular formula is C20H28N2O5. The molecule has 0 bridgehead atoms. The number of aryl methyl sites for hydroxylation is 1. The second-order valence-corrected chi connectivity index (χ2v) is 6.42. The Morgan fingerprint density at radius 3 is 2.67 bits per heavy atom. The highest BCUT2D eigenvalue weighted by atomic mass is 16.6. The molecular weight excluding hydrogens is 348 g/mol. The summed E-state index contributed by atoms with van der Waals surface area (Å²) in [5.41, 5.74) is -0.0280. The van der Waals surface area contributed by atoms with Gasteiger partial charge in [0.1, 0.15) is 11.5 Å². The lowest BCUT2D eigenvalue weighted by Gasteiger charge is -2.24. The molecule has 1 aromatic heterocycles. The van der Waals surface area contributed by atoms with E-state index in [9.17, 15) is 4.79 Å². The van der Waals surface area contributed by atoms with E-state index in [1.807, 2.05) is 19.1 Å². The number of carbonyl (C=O) groups is 1. The summed E-state index contributed by atoms with van der Waals surface area (Å²) in [6.07, 6.45) is 3.40. The summed E-state index contributed by atoms with van der Waals surface area (Å²) in [5, 5.41) is 6.85. The smallest absolute Gasteiger partial charge is 0.349 e. The molecule has 0 aliphatic rings. The van der Waals surface area contributed by atoms with Crippen molar-refractivity contribution in [2.24, 2.45) is 0 Å². The van der Waals surface area contributed by atoms with Crippen molar-refractivity contribution in [3.8, 4) is 17.4 Å². The van der Waals surface area contributed by atoms with E-state index in [1.54, 1.807) is 39.1 Å². The molecule has 0 saturated carbocycles. The van der Waals surface area contributed by atoms with Gasteiger partial charge in [-0.3, -0.25) is 0 Å². The van der Waals surface area contributed by atoms with Crippen LogP contribution in [-0.4, -0.2) is 41.6 Å². The van der Waals surface area contributed by atoms with Crippen molar-refractivity contribution in [2.75, 3.05) is 19.8 Å². The summed E-state index contributed by atoms with van der Waals surface area (Å²) < 4.78 is 22.1. The van der Waals surface area contributed by atoms with E-state index in [-0.39, 0.29) is 0 Å². The summed E-state index contributed by atoms with van der Waals surface area (Å²) in [5.74, 6) is 1.55. The van der Waals surface area contributed by atoms with Crippen molar-refractivity contribution >= 4 is 5.97 Å². The van der Waals surface area contributed by atoms with Crippen LogP contribution in [0.3, 0.4) is 0 Å². The van der Waals surface area contributed by atoms with E-state index < -0.39 is 11.6 Å². The predicted octanol–water partition coefficient (Wildman–Crippen LogP) is 3.54. The van der Waals surface area contributed by atoms with Crippen molar-refractivity contribution in [1.29, 1.82) is 0 Å². The summed E-state index contributed by atoms with van der Waals surface area (Å²) in [4.78, 5) is 12.0. The SMILES string of the molecule is CCOC(=O)C(C)(C)Oc1cccc(OCCCc2cn[nH]c2OCC)c1. The van der Waals surface area contributed by atoms with E-state index >= 15 is 0 Å². The van der Waals surface area contributed by atoms with Gasteiger partial charge in [0.25, 0.3) is 0 Å². The number of carbonyl (C=O) groups excluding carboxylic acids is 1. The fourth-order valence-electron chi connectivity index (χ4n) is 2.47. The Balaban J connectivity index is 1.85. The molecule has 0 fully saturated rings. The van der Waals surface area contributed by atoms with Gasteiger partial charge in [0.05, 0.1) is 26.0 Å². The van der Waals surface area contributed by atoms with Crippen molar-refractivity contribution in [2.45, 2.75) is 46.1 Å². The van der Waals surface area contributed by atoms with Crippen LogP contribution >= 0.6 is 0 Å². The van der Waals surface area contributed by atoms with Gasteiger partial charge in [-0.25, -0.2) is 9.89 Å². The maximum Gasteiger partial charge on any atom is 0.349 e. The molecule has 27 heavy (non-hydrogen) atoms. The first-order chi connectivity index (χ1) is 13.0. The molecule has 0 saturated heterocycles. The number of benzene rings is 1. The Labute approximate surface area is 160 Å². The number of aromatic nitrogens is 2. The van der Waals surface area contributed by atoms with Gasteiger partial charge >= 0.3 is 5.97 Å². The van der Waals surface area contributed by atoms with Gasteiger partial charge in [0.15, 0.2) is 5.60 Å². The van der Waals surface area contributed by atoms with Crippen LogP contribution in [-0.2, 0) is 16.0 Å². The first-order valence-corrected chi connectivity index (χ1v) is 9.20. The number of hydrogen-bond acceptors (Lipinski definition) is 6. The van der Waals surface area contributed by atoms with Crippen LogP contribution in [0.2, 0.25) is 0 Å². The highest BCUT2D eigenvalue weighted by Gasteiger charge is 2.31. The molecule has 2 aromatic rings. The second kappa shape index (κ2) is 9.85. The monoisotopic (exact) mass is 376 g/mol. The Morgan fingerprint density at radius 2 is 1.93 bits per heavy atom. The summed E-state index contributed by atoms with van der Waals surface area (Å²) >= 11 is 0. The number of H-pyrrole nitrogens is 1. The van der Waals surface area contributed by atoms with Gasteiger partial charge in [0.2, 0.25) is 5.88 Å². The molecule has 2 rings (SSSR count). The van der Waals surface area contributed by atoms with Crippen molar-refractivity contribution in [3.63, 3.8) is 0 Å². The Kier molecular flexibility index (Phi) is 7.52.